The molecule has 0 radical (unpaired) electrons. The van der Waals surface area contributed by atoms with E-state index in [-0.39, 0.29) is 23.1 Å². The Morgan fingerprint density at radius 1 is 1.12 bits per heavy atom. The number of ketones is 1. The average Bonchev–Trinajstić information content (AvgIpc) is 3.47. The molecule has 2 aromatic heterocycles. The highest BCUT2D eigenvalue weighted by atomic mass is 16.2. The molecule has 2 aliphatic carbocycles. The van der Waals surface area contributed by atoms with E-state index in [1.54, 1.807) is 0 Å². The summed E-state index contributed by atoms with van der Waals surface area (Å²) in [5.74, 6) is 1.01. The van der Waals surface area contributed by atoms with E-state index in [1.165, 1.54) is 11.0 Å². The molecule has 1 saturated heterocycles. The topological polar surface area (TPSA) is 119 Å². The summed E-state index contributed by atoms with van der Waals surface area (Å²) in [5.41, 5.74) is 2.37. The van der Waals surface area contributed by atoms with E-state index >= 15 is 0 Å². The number of carbonyl (C=O) groups excluding carboxylic acids is 2. The highest BCUT2D eigenvalue weighted by Crippen LogP contribution is 2.47. The normalized spacial score (nSPS) is 27.0. The third kappa shape index (κ3) is 4.07. The van der Waals surface area contributed by atoms with E-state index < -0.39 is 0 Å². The molecule has 3 aliphatic rings. The Morgan fingerprint density at radius 2 is 1.94 bits per heavy atom. The van der Waals surface area contributed by atoms with Crippen molar-refractivity contribution in [3.8, 4) is 5.82 Å². The SMILES string of the molecule is CC1=C(N2CCC3(CCC(N[C@H](C)c4ccc(-n5cnnn5)nn4)CC3)C2=O)CCCC1=O. The van der Waals surface area contributed by atoms with Crippen molar-refractivity contribution < 1.29 is 9.59 Å². The van der Waals surface area contributed by atoms with Crippen LogP contribution in [-0.2, 0) is 9.59 Å². The lowest BCUT2D eigenvalue weighted by Crippen LogP contribution is -2.43. The molecule has 174 valence electrons. The van der Waals surface area contributed by atoms with Gasteiger partial charge in [0.2, 0.25) is 5.91 Å². The van der Waals surface area contributed by atoms with Gasteiger partial charge in [-0.15, -0.1) is 10.2 Å². The van der Waals surface area contributed by atoms with Crippen LogP contribution in [0.25, 0.3) is 5.82 Å². The van der Waals surface area contributed by atoms with E-state index in [0.29, 0.717) is 18.3 Å². The van der Waals surface area contributed by atoms with Gasteiger partial charge in [-0.1, -0.05) is 0 Å². The first-order valence-corrected chi connectivity index (χ1v) is 11.8. The van der Waals surface area contributed by atoms with E-state index in [0.717, 1.165) is 68.5 Å². The number of hydrogen-bond acceptors (Lipinski definition) is 8. The van der Waals surface area contributed by atoms with Gasteiger partial charge in [0.25, 0.3) is 0 Å². The molecule has 2 aromatic rings. The number of nitrogens with one attached hydrogen (secondary N) is 1. The molecule has 10 heteroatoms. The second-order valence-electron chi connectivity index (χ2n) is 9.57. The van der Waals surface area contributed by atoms with Crippen molar-refractivity contribution in [2.45, 2.75) is 77.3 Å². The van der Waals surface area contributed by atoms with Gasteiger partial charge in [-0.25, -0.2) is 0 Å². The summed E-state index contributed by atoms with van der Waals surface area (Å²) in [6.45, 7) is 4.72. The molecule has 0 bridgehead atoms. The number of rotatable bonds is 5. The maximum atomic E-state index is 13.4. The van der Waals surface area contributed by atoms with Crippen molar-refractivity contribution >= 4 is 11.7 Å². The Kier molecular flexibility index (Phi) is 5.77. The number of nitrogens with zero attached hydrogens (tertiary/aromatic N) is 7. The molecule has 1 spiro atoms. The molecule has 5 rings (SSSR count). The minimum absolute atomic E-state index is 0.0521. The fourth-order valence-corrected chi connectivity index (χ4v) is 5.56. The number of carbonyl (C=O) groups is 2. The quantitative estimate of drug-likeness (QED) is 0.737. The highest BCUT2D eigenvalue weighted by Gasteiger charge is 2.49. The number of aromatic nitrogens is 6. The van der Waals surface area contributed by atoms with Crippen LogP contribution in [0.15, 0.2) is 29.7 Å². The van der Waals surface area contributed by atoms with Crippen LogP contribution in [-0.4, -0.2) is 59.6 Å². The van der Waals surface area contributed by atoms with Gasteiger partial charge >= 0.3 is 0 Å². The second-order valence-corrected chi connectivity index (χ2v) is 9.57. The van der Waals surface area contributed by atoms with Gasteiger partial charge in [-0.2, -0.15) is 9.78 Å². The van der Waals surface area contributed by atoms with E-state index in [1.807, 2.05) is 24.0 Å². The Bertz CT molecular complexity index is 1050. The van der Waals surface area contributed by atoms with Crippen molar-refractivity contribution in [1.29, 1.82) is 0 Å². The van der Waals surface area contributed by atoms with Crippen LogP contribution in [0.1, 0.15) is 76.9 Å². The van der Waals surface area contributed by atoms with Crippen molar-refractivity contribution in [3.63, 3.8) is 0 Å². The predicted molar refractivity (Wildman–Crippen MR) is 119 cm³/mol. The van der Waals surface area contributed by atoms with Gasteiger partial charge < -0.3 is 10.2 Å². The van der Waals surface area contributed by atoms with Crippen LogP contribution in [0.4, 0.5) is 0 Å². The zero-order valence-electron chi connectivity index (χ0n) is 19.2. The van der Waals surface area contributed by atoms with Crippen molar-refractivity contribution in [2.24, 2.45) is 5.41 Å². The largest absolute Gasteiger partial charge is 0.315 e. The summed E-state index contributed by atoms with van der Waals surface area (Å²) in [6, 6.07) is 4.18. The van der Waals surface area contributed by atoms with Gasteiger partial charge in [0.1, 0.15) is 6.33 Å². The number of likely N-dealkylation sites (tertiary alicyclic amines) is 1. The van der Waals surface area contributed by atoms with Crippen LogP contribution >= 0.6 is 0 Å². The lowest BCUT2D eigenvalue weighted by molar-refractivity contribution is -0.136. The van der Waals surface area contributed by atoms with Crippen LogP contribution in [0, 0.1) is 5.41 Å². The summed E-state index contributed by atoms with van der Waals surface area (Å²) in [4.78, 5) is 27.5. The smallest absolute Gasteiger partial charge is 0.233 e. The average molecular weight is 451 g/mol. The third-order valence-corrected chi connectivity index (χ3v) is 7.63. The van der Waals surface area contributed by atoms with E-state index in [4.69, 9.17) is 0 Å². The van der Waals surface area contributed by atoms with Crippen molar-refractivity contribution in [1.82, 2.24) is 40.6 Å². The monoisotopic (exact) mass is 450 g/mol. The Balaban J connectivity index is 1.18. The molecule has 1 saturated carbocycles. The molecule has 1 atom stereocenters. The lowest BCUT2D eigenvalue weighted by Gasteiger charge is -2.37. The van der Waals surface area contributed by atoms with E-state index in [9.17, 15) is 9.59 Å². The summed E-state index contributed by atoms with van der Waals surface area (Å²) < 4.78 is 1.47. The van der Waals surface area contributed by atoms with Gasteiger partial charge in [0.15, 0.2) is 11.6 Å². The predicted octanol–water partition coefficient (Wildman–Crippen LogP) is 2.29. The summed E-state index contributed by atoms with van der Waals surface area (Å²) >= 11 is 0. The minimum Gasteiger partial charge on any atom is -0.315 e. The highest BCUT2D eigenvalue weighted by molar-refractivity contribution is 5.97. The summed E-state index contributed by atoms with van der Waals surface area (Å²) in [7, 11) is 0. The summed E-state index contributed by atoms with van der Waals surface area (Å²) in [6.07, 6.45) is 8.36. The van der Waals surface area contributed by atoms with Crippen LogP contribution in [0.5, 0.6) is 0 Å². The maximum absolute atomic E-state index is 13.4. The second kappa shape index (κ2) is 8.74. The number of allylic oxidation sites excluding steroid dienone is 2. The molecule has 0 unspecified atom stereocenters. The fourth-order valence-electron chi connectivity index (χ4n) is 5.56. The van der Waals surface area contributed by atoms with Gasteiger partial charge in [0.05, 0.1) is 11.1 Å². The number of amides is 1. The standard InChI is InChI=1S/C23H30N8O2/c1-15-19(4-3-5-20(15)32)30-13-12-23(22(30)33)10-8-17(9-11-23)25-16(2)18-6-7-21(27-26-18)31-14-24-28-29-31/h6-7,14,16-17,25H,3-5,8-13H2,1-2H3/t16-,17?,23?/m1/s1. The molecule has 2 fully saturated rings. The Labute approximate surface area is 192 Å². The first kappa shape index (κ1) is 21.8. The van der Waals surface area contributed by atoms with Crippen LogP contribution < -0.4 is 5.32 Å². The molecular weight excluding hydrogens is 420 g/mol. The number of tetrazole rings is 1. The fraction of sp³-hybridized carbons (Fsp3) is 0.609. The Morgan fingerprint density at radius 3 is 2.64 bits per heavy atom. The Hall–Kier alpha value is -3.01. The number of hydrogen-bond donors (Lipinski definition) is 1. The maximum Gasteiger partial charge on any atom is 0.233 e. The molecular formula is C23H30N8O2. The lowest BCUT2D eigenvalue weighted by atomic mass is 9.71. The molecule has 1 N–H and O–H groups in total. The minimum atomic E-state index is -0.261. The molecule has 3 heterocycles. The van der Waals surface area contributed by atoms with Gasteiger partial charge in [0, 0.05) is 36.3 Å². The number of Topliss-reactive ketones (excluding diaryl/α,β-unsaturated/α-hetero) is 1. The van der Waals surface area contributed by atoms with E-state index in [2.05, 4.69) is 38.0 Å². The molecule has 0 aromatic carbocycles. The van der Waals surface area contributed by atoms with Crippen molar-refractivity contribution in [3.05, 3.63) is 35.4 Å². The molecule has 33 heavy (non-hydrogen) atoms. The summed E-state index contributed by atoms with van der Waals surface area (Å²) in [5, 5.41) is 23.3. The van der Waals surface area contributed by atoms with Gasteiger partial charge in [-0.05, 0) is 81.4 Å². The zero-order chi connectivity index (χ0) is 23.0. The first-order valence-electron chi connectivity index (χ1n) is 11.8. The first-order chi connectivity index (χ1) is 16.0. The van der Waals surface area contributed by atoms with Crippen molar-refractivity contribution in [2.75, 3.05) is 6.54 Å². The van der Waals surface area contributed by atoms with Crippen LogP contribution in [0.3, 0.4) is 0 Å². The van der Waals surface area contributed by atoms with Gasteiger partial charge in [-0.3, -0.25) is 9.59 Å². The molecule has 10 nitrogen and oxygen atoms in total. The molecule has 1 aliphatic heterocycles. The third-order valence-electron chi connectivity index (χ3n) is 7.63. The molecule has 1 amide bonds. The zero-order valence-corrected chi connectivity index (χ0v) is 19.2. The van der Waals surface area contributed by atoms with Crippen LogP contribution in [0.2, 0.25) is 0 Å².